The maximum Gasteiger partial charge on any atom is 0.342 e. The first-order valence-electron chi connectivity index (χ1n) is 20.7. The highest BCUT2D eigenvalue weighted by molar-refractivity contribution is 9.09. The Hall–Kier alpha value is -4.66. The van der Waals surface area contributed by atoms with Gasteiger partial charge in [-0.15, -0.1) is 5.48 Å². The van der Waals surface area contributed by atoms with Gasteiger partial charge < -0.3 is 24.4 Å². The lowest BCUT2D eigenvalue weighted by atomic mass is 10.2. The van der Waals surface area contributed by atoms with Gasteiger partial charge in [0.1, 0.15) is 35.4 Å². The molecule has 0 radical (unpaired) electrons. The van der Waals surface area contributed by atoms with Gasteiger partial charge in [0.25, 0.3) is 31.4 Å². The molecule has 0 bridgehead atoms. The van der Waals surface area contributed by atoms with E-state index >= 15 is 0 Å². The van der Waals surface area contributed by atoms with Gasteiger partial charge in [-0.1, -0.05) is 40.2 Å². The summed E-state index contributed by atoms with van der Waals surface area (Å²) in [6, 6.07) is 5.81. The molecule has 0 saturated carbocycles. The van der Waals surface area contributed by atoms with Crippen molar-refractivity contribution >= 4 is 71.2 Å². The van der Waals surface area contributed by atoms with Crippen LogP contribution in [0.5, 0.6) is 0 Å². The molecule has 2 N–H and O–H groups in total. The van der Waals surface area contributed by atoms with E-state index in [0.717, 1.165) is 40.0 Å². The number of carbonyl (C=O) groups excluding carboxylic acids is 4. The van der Waals surface area contributed by atoms with E-state index in [1.165, 1.54) is 45.0 Å². The van der Waals surface area contributed by atoms with Crippen molar-refractivity contribution in [1.29, 1.82) is 0 Å². The number of unbranched alkanes of at least 4 members (excludes halogenated alkanes) is 2. The van der Waals surface area contributed by atoms with Crippen molar-refractivity contribution in [2.45, 2.75) is 140 Å². The highest BCUT2D eigenvalue weighted by Crippen LogP contribution is 2.30. The summed E-state index contributed by atoms with van der Waals surface area (Å²) in [5.41, 5.74) is -0.252. The Bertz CT molecular complexity index is 2200. The van der Waals surface area contributed by atoms with E-state index in [9.17, 15) is 56.2 Å². The number of sulfonamides is 2. The third-order valence-electron chi connectivity index (χ3n) is 8.92. The van der Waals surface area contributed by atoms with Gasteiger partial charge in [-0.3, -0.25) is 34.6 Å². The molecule has 0 fully saturated rings. The number of nitrogens with zero attached hydrogens (tertiary/aromatic N) is 4. The first-order valence-corrected chi connectivity index (χ1v) is 24.7. The van der Waals surface area contributed by atoms with E-state index in [1.54, 1.807) is 48.5 Å². The Kier molecular flexibility index (Phi) is 23.9. The maximum absolute atomic E-state index is 13.3. The molecule has 0 aliphatic heterocycles. The molecule has 0 amide bonds. The van der Waals surface area contributed by atoms with Crippen LogP contribution in [0, 0.1) is 20.2 Å². The minimum absolute atomic E-state index is 0.0716. The Labute approximate surface area is 394 Å². The molecule has 0 aliphatic carbocycles. The van der Waals surface area contributed by atoms with Gasteiger partial charge in [-0.25, -0.2) is 21.6 Å². The predicted molar refractivity (Wildman–Crippen MR) is 245 cm³/mol. The van der Waals surface area contributed by atoms with Gasteiger partial charge in [-0.05, 0) is 114 Å². The Balaban J connectivity index is 0.000000660. The zero-order chi connectivity index (χ0) is 50.8. The van der Waals surface area contributed by atoms with Crippen LogP contribution in [-0.4, -0.2) is 127 Å². The number of hydroxylamine groups is 1. The van der Waals surface area contributed by atoms with Crippen LogP contribution in [0.25, 0.3) is 0 Å². The predicted octanol–water partition coefficient (Wildman–Crippen LogP) is 5.17. The van der Waals surface area contributed by atoms with Crippen LogP contribution in [0.3, 0.4) is 0 Å². The topological polar surface area (TPSA) is 290 Å². The number of benzene rings is 2. The molecule has 0 spiro atoms. The number of esters is 3. The molecule has 0 saturated heterocycles. The van der Waals surface area contributed by atoms with E-state index in [-0.39, 0.29) is 13.1 Å². The molecule has 2 aromatic carbocycles. The average molecular weight is 1040 g/mol. The van der Waals surface area contributed by atoms with E-state index in [1.807, 2.05) is 0 Å². The molecule has 66 heavy (non-hydrogen) atoms. The molecule has 2 rings (SSSR count). The minimum Gasteiger partial charge on any atom is -0.468 e. The molecule has 0 aliphatic rings. The lowest BCUT2D eigenvalue weighted by Gasteiger charge is -2.27. The molecule has 22 nitrogen and oxygen atoms in total. The van der Waals surface area contributed by atoms with Crippen LogP contribution in [0.1, 0.15) is 94.9 Å². The number of alkyl halides is 1. The number of rotatable bonds is 24. The minimum atomic E-state index is -4.42. The summed E-state index contributed by atoms with van der Waals surface area (Å²) in [4.78, 5) is 73.9. The summed E-state index contributed by atoms with van der Waals surface area (Å²) in [5, 5.41) is 26.3. The standard InChI is InChI=1S/C21H33N3O8S.C20H30BrN3O8S/c1-15(19(25)32-21(3,4)5)22-13-9-10-14-23(16(2)20(26)31-6)33(29,30)18-12-8-7-11-17(18)24(27)28;1-14(18(25)31-20(3,4)5)22-32-19(26)15(2)23(13-9-8-12-21)33(29,30)17-11-7-6-10-16(17)24(27)28/h7-8,11-12,15-16,22H,9-10,13-14H2,1-6H3;6-7,10-11,14-15,22H,8-9,12-13H2,1-5H3/t15-,16-;14-,15-/m00/s1. The molecule has 25 heteroatoms. The summed E-state index contributed by atoms with van der Waals surface area (Å²) in [6.07, 6.45) is 1.81. The van der Waals surface area contributed by atoms with Gasteiger partial charge in [0.05, 0.1) is 17.0 Å². The Morgan fingerprint density at radius 2 is 1.05 bits per heavy atom. The second-order valence-corrected chi connectivity index (χ2v) is 21.2. The fraction of sp³-hybridized carbons (Fsp3) is 0.610. The Morgan fingerprint density at radius 3 is 1.44 bits per heavy atom. The molecule has 4 atom stereocenters. The van der Waals surface area contributed by atoms with Crippen molar-refractivity contribution in [2.75, 3.05) is 32.1 Å². The van der Waals surface area contributed by atoms with Crippen LogP contribution >= 0.6 is 15.9 Å². The summed E-state index contributed by atoms with van der Waals surface area (Å²) in [5.74, 6) is -2.83. The third-order valence-corrected chi connectivity index (χ3v) is 13.5. The summed E-state index contributed by atoms with van der Waals surface area (Å²) in [6.45, 7) is 16.4. The second kappa shape index (κ2) is 26.6. The number of hydrogen-bond acceptors (Lipinski definition) is 18. The van der Waals surface area contributed by atoms with Gasteiger partial charge >= 0.3 is 23.9 Å². The summed E-state index contributed by atoms with van der Waals surface area (Å²) >= 11 is 3.26. The monoisotopic (exact) mass is 1040 g/mol. The Morgan fingerprint density at radius 1 is 0.652 bits per heavy atom. The lowest BCUT2D eigenvalue weighted by molar-refractivity contribution is -0.388. The largest absolute Gasteiger partial charge is 0.468 e. The first kappa shape index (κ1) is 59.4. The van der Waals surface area contributed by atoms with E-state index in [2.05, 4.69) is 31.5 Å². The molecule has 0 heterocycles. The molecular weight excluding hydrogens is 977 g/mol. The van der Waals surface area contributed by atoms with Crippen LogP contribution in [-0.2, 0) is 58.3 Å². The zero-order valence-corrected chi connectivity index (χ0v) is 42.3. The van der Waals surface area contributed by atoms with Gasteiger partial charge in [0, 0.05) is 30.6 Å². The number of nitro groups is 2. The second-order valence-electron chi connectivity index (χ2n) is 16.7. The number of nitro benzene ring substituents is 2. The quantitative estimate of drug-likeness (QED) is 0.0342. The van der Waals surface area contributed by atoms with E-state index < -0.39 is 110 Å². The molecule has 372 valence electrons. The van der Waals surface area contributed by atoms with Crippen molar-refractivity contribution in [3.63, 3.8) is 0 Å². The van der Waals surface area contributed by atoms with Crippen molar-refractivity contribution in [3.05, 3.63) is 68.8 Å². The van der Waals surface area contributed by atoms with Crippen LogP contribution in [0.2, 0.25) is 0 Å². The number of nitrogens with one attached hydrogen (secondary N) is 2. The fourth-order valence-corrected chi connectivity index (χ4v) is 9.53. The van der Waals surface area contributed by atoms with Crippen molar-refractivity contribution in [3.8, 4) is 0 Å². The number of halogens is 1. The highest BCUT2D eigenvalue weighted by Gasteiger charge is 2.39. The van der Waals surface area contributed by atoms with E-state index in [4.69, 9.17) is 14.3 Å². The fourth-order valence-electron chi connectivity index (χ4n) is 5.57. The number of carbonyl (C=O) groups is 4. The van der Waals surface area contributed by atoms with Gasteiger partial charge in [-0.2, -0.15) is 8.61 Å². The van der Waals surface area contributed by atoms with Gasteiger partial charge in [0.15, 0.2) is 9.79 Å². The lowest BCUT2D eigenvalue weighted by Crippen LogP contribution is -2.48. The summed E-state index contributed by atoms with van der Waals surface area (Å²) < 4.78 is 70.0. The summed E-state index contributed by atoms with van der Waals surface area (Å²) in [7, 11) is -7.66. The normalized spacial score (nSPS) is 13.9. The van der Waals surface area contributed by atoms with Crippen molar-refractivity contribution < 1.29 is 64.9 Å². The zero-order valence-electron chi connectivity index (χ0n) is 39.1. The molecule has 0 aromatic heterocycles. The first-order chi connectivity index (χ1) is 30.4. The van der Waals surface area contributed by atoms with Crippen molar-refractivity contribution in [1.82, 2.24) is 19.4 Å². The van der Waals surface area contributed by atoms with Crippen LogP contribution in [0.15, 0.2) is 58.3 Å². The van der Waals surface area contributed by atoms with Crippen LogP contribution < -0.4 is 10.8 Å². The smallest absolute Gasteiger partial charge is 0.342 e. The number of ether oxygens (including phenoxy) is 3. The molecular formula is C41H63BrN6O16S2. The number of para-hydroxylation sites is 2. The SMILES string of the molecule is COC(=O)[C@H](C)N(CCCCN[C@@H](C)C(=O)OC(C)(C)C)S(=O)(=O)c1ccccc1[N+](=O)[O-].C[C@H](NOC(=O)[C@H](C)N(CCCCBr)S(=O)(=O)c1ccccc1[N+](=O)[O-])C(=O)OC(C)(C)C. The third kappa shape index (κ3) is 18.9. The molecule has 2 aromatic rings. The maximum atomic E-state index is 13.3. The van der Waals surface area contributed by atoms with Crippen molar-refractivity contribution in [2.24, 2.45) is 0 Å². The molecule has 0 unspecified atom stereocenters. The van der Waals surface area contributed by atoms with E-state index in [0.29, 0.717) is 37.6 Å². The highest BCUT2D eigenvalue weighted by atomic mass is 79.9. The number of methoxy groups -OCH3 is 1. The van der Waals surface area contributed by atoms with Crippen LogP contribution in [0.4, 0.5) is 11.4 Å². The number of hydrogen-bond donors (Lipinski definition) is 2. The average Bonchev–Trinajstić information content (AvgIpc) is 3.23. The van der Waals surface area contributed by atoms with Gasteiger partial charge in [0.2, 0.25) is 0 Å².